The van der Waals surface area contributed by atoms with E-state index in [9.17, 15) is 9.59 Å². The quantitative estimate of drug-likeness (QED) is 0.573. The van der Waals surface area contributed by atoms with Gasteiger partial charge >= 0.3 is 0 Å². The number of imide groups is 1. The van der Waals surface area contributed by atoms with Gasteiger partial charge in [-0.05, 0) is 26.7 Å². The number of fused-ring (bicyclic) bond motifs is 4. The number of nitrogens with zero attached hydrogens (tertiary/aromatic N) is 1. The summed E-state index contributed by atoms with van der Waals surface area (Å²) in [4.78, 5) is 27.6. The second kappa shape index (κ2) is 2.97. The van der Waals surface area contributed by atoms with E-state index in [1.807, 2.05) is 26.0 Å². The molecular weight excluding hydrogens is 270 g/mol. The molecule has 0 aromatic carbocycles. The van der Waals surface area contributed by atoms with E-state index in [0.29, 0.717) is 12.8 Å². The maximum absolute atomic E-state index is 13.3. The molecule has 0 N–H and O–H groups in total. The first-order valence-electron chi connectivity index (χ1n) is 8.94. The number of hydrogen-bond donors (Lipinski definition) is 0. The van der Waals surface area contributed by atoms with Gasteiger partial charge in [0.25, 0.3) is 0 Å². The Bertz CT molecular complexity index is 729. The molecule has 2 bridgehead atoms. The summed E-state index contributed by atoms with van der Waals surface area (Å²) < 4.78 is 32.6. The van der Waals surface area contributed by atoms with Gasteiger partial charge in [0.15, 0.2) is 0 Å². The van der Waals surface area contributed by atoms with Gasteiger partial charge in [0, 0.05) is 13.0 Å². The molecule has 21 heavy (non-hydrogen) atoms. The van der Waals surface area contributed by atoms with Gasteiger partial charge < -0.3 is 9.47 Å². The summed E-state index contributed by atoms with van der Waals surface area (Å²) in [5, 5.41) is 0. The summed E-state index contributed by atoms with van der Waals surface area (Å²) in [5.74, 6) is -0.838. The van der Waals surface area contributed by atoms with Crippen molar-refractivity contribution in [1.29, 1.82) is 0 Å². The molecule has 5 nitrogen and oxygen atoms in total. The Morgan fingerprint density at radius 3 is 2.86 bits per heavy atom. The third-order valence-electron chi connectivity index (χ3n) is 6.49. The molecule has 2 saturated heterocycles. The third-order valence-corrected chi connectivity index (χ3v) is 6.49. The average molecular weight is 295 g/mol. The van der Waals surface area contributed by atoms with E-state index in [1.54, 1.807) is 0 Å². The van der Waals surface area contributed by atoms with Crippen LogP contribution in [0.2, 0.25) is 0 Å². The standard InChI is InChI=1S/C16H19NO4/c1-13-4-5-14(2,21-13)16-9(10(13)16)11(18)17(12(16)19)15(6-7-15)8-20-3/h4-5,9-10H,6-8H2,1-3H3/i3T3. The number of amides is 2. The van der Waals surface area contributed by atoms with E-state index in [1.165, 1.54) is 4.90 Å². The van der Waals surface area contributed by atoms with Crippen molar-refractivity contribution in [3.05, 3.63) is 12.2 Å². The summed E-state index contributed by atoms with van der Waals surface area (Å²) in [6, 6.07) is 0. The van der Waals surface area contributed by atoms with Crippen LogP contribution in [0.25, 0.3) is 0 Å². The number of hydrogen-bond acceptors (Lipinski definition) is 4. The lowest BCUT2D eigenvalue weighted by atomic mass is 9.79. The molecule has 4 fully saturated rings. The molecule has 2 saturated carbocycles. The van der Waals surface area contributed by atoms with Gasteiger partial charge in [-0.3, -0.25) is 14.5 Å². The summed E-state index contributed by atoms with van der Waals surface area (Å²) in [6.45, 7) is 3.68. The van der Waals surface area contributed by atoms with Crippen LogP contribution in [-0.4, -0.2) is 47.1 Å². The van der Waals surface area contributed by atoms with Crippen LogP contribution >= 0.6 is 0 Å². The maximum atomic E-state index is 13.3. The summed E-state index contributed by atoms with van der Waals surface area (Å²) >= 11 is 0. The van der Waals surface area contributed by atoms with Crippen molar-refractivity contribution < 1.29 is 23.2 Å². The Balaban J connectivity index is 1.48. The Morgan fingerprint density at radius 1 is 1.43 bits per heavy atom. The maximum Gasteiger partial charge on any atom is 0.240 e. The van der Waals surface area contributed by atoms with Crippen LogP contribution in [-0.2, 0) is 19.1 Å². The van der Waals surface area contributed by atoms with Crippen molar-refractivity contribution >= 4 is 11.8 Å². The van der Waals surface area contributed by atoms with Crippen LogP contribution in [0.3, 0.4) is 0 Å². The zero-order valence-electron chi connectivity index (χ0n) is 15.0. The lowest BCUT2D eigenvalue weighted by molar-refractivity contribution is -0.150. The van der Waals surface area contributed by atoms with Gasteiger partial charge in [0.05, 0.1) is 27.8 Å². The monoisotopic (exact) mass is 295 g/mol. The lowest BCUT2D eigenvalue weighted by Gasteiger charge is -2.32. The zero-order chi connectivity index (χ0) is 17.3. The van der Waals surface area contributed by atoms with Crippen LogP contribution in [0.1, 0.15) is 30.8 Å². The van der Waals surface area contributed by atoms with Crippen LogP contribution in [0.15, 0.2) is 12.2 Å². The Labute approximate surface area is 127 Å². The van der Waals surface area contributed by atoms with Gasteiger partial charge in [-0.25, -0.2) is 0 Å². The number of ether oxygens (including phenoxy) is 2. The molecule has 5 unspecified atom stereocenters. The van der Waals surface area contributed by atoms with Gasteiger partial charge in [0.1, 0.15) is 11.0 Å². The molecule has 112 valence electrons. The fourth-order valence-corrected chi connectivity index (χ4v) is 5.43. The fraction of sp³-hybridized carbons (Fsp3) is 0.750. The largest absolute Gasteiger partial charge is 0.382 e. The predicted octanol–water partition coefficient (Wildman–Crippen LogP) is 0.884. The minimum atomic E-state index is -2.52. The second-order valence-corrected chi connectivity index (χ2v) is 7.54. The van der Waals surface area contributed by atoms with E-state index in [0.717, 1.165) is 0 Å². The highest BCUT2D eigenvalue weighted by atomic mass is 16.5. The molecule has 2 aliphatic carbocycles. The molecule has 3 aliphatic heterocycles. The summed E-state index contributed by atoms with van der Waals surface area (Å²) in [7, 11) is -2.52. The van der Waals surface area contributed by atoms with Crippen molar-refractivity contribution in [2.24, 2.45) is 17.3 Å². The predicted molar refractivity (Wildman–Crippen MR) is 72.1 cm³/mol. The zero-order valence-corrected chi connectivity index (χ0v) is 12.0. The normalized spacial score (nSPS) is 56.9. The van der Waals surface area contributed by atoms with Crippen molar-refractivity contribution in [1.82, 2.24) is 4.90 Å². The van der Waals surface area contributed by atoms with Crippen molar-refractivity contribution in [3.8, 4) is 0 Å². The van der Waals surface area contributed by atoms with E-state index in [-0.39, 0.29) is 30.3 Å². The van der Waals surface area contributed by atoms with Gasteiger partial charge in [-0.15, -0.1) is 0 Å². The number of piperidine rings is 1. The molecule has 5 heteroatoms. The second-order valence-electron chi connectivity index (χ2n) is 7.54. The highest BCUT2D eigenvalue weighted by Crippen LogP contribution is 2.82. The summed E-state index contributed by atoms with van der Waals surface area (Å²) in [6.07, 6.45) is 5.07. The first-order chi connectivity index (χ1) is 11.0. The Morgan fingerprint density at radius 2 is 2.19 bits per heavy atom. The molecule has 3 heterocycles. The molecule has 0 radical (unpaired) electrons. The number of methoxy groups -OCH3 is 1. The minimum absolute atomic E-state index is 0.101. The molecule has 1 spiro atoms. The SMILES string of the molecule is [3H]C([3H])([3H])OCC1(N2C(=O)C3C4C5(C)C=CC(C)(O5)C34C2=O)CC1. The number of rotatable bonds is 3. The van der Waals surface area contributed by atoms with E-state index in [2.05, 4.69) is 0 Å². The highest BCUT2D eigenvalue weighted by Gasteiger charge is 2.94. The molecule has 5 rings (SSSR count). The van der Waals surface area contributed by atoms with E-state index in [4.69, 9.17) is 13.6 Å². The highest BCUT2D eigenvalue weighted by molar-refractivity contribution is 6.15. The molecule has 2 amide bonds. The van der Waals surface area contributed by atoms with Crippen LogP contribution < -0.4 is 0 Å². The molecule has 5 atom stereocenters. The smallest absolute Gasteiger partial charge is 0.240 e. The minimum Gasteiger partial charge on any atom is -0.382 e. The molecule has 0 aromatic rings. The van der Waals surface area contributed by atoms with E-state index >= 15 is 0 Å². The average Bonchev–Trinajstić information content (AvgIpc) is 3.31. The number of carbonyl (C=O) groups excluding carboxylic acids is 2. The van der Waals surface area contributed by atoms with Gasteiger partial charge in [0.2, 0.25) is 11.8 Å². The molecular formula is C16H19NO4. The number of likely N-dealkylation sites (tertiary alicyclic amines) is 1. The summed E-state index contributed by atoms with van der Waals surface area (Å²) in [5.41, 5.74) is -2.89. The molecule has 5 aliphatic rings. The molecule has 0 aromatic heterocycles. The fourth-order valence-electron chi connectivity index (χ4n) is 5.43. The number of carbonyl (C=O) groups is 2. The van der Waals surface area contributed by atoms with E-state index < -0.39 is 29.2 Å². The van der Waals surface area contributed by atoms with Crippen LogP contribution in [0.4, 0.5) is 0 Å². The van der Waals surface area contributed by atoms with Gasteiger partial charge in [-0.1, -0.05) is 12.2 Å². The first kappa shape index (κ1) is 9.74. The van der Waals surface area contributed by atoms with Crippen molar-refractivity contribution in [2.75, 3.05) is 13.6 Å². The van der Waals surface area contributed by atoms with Crippen LogP contribution in [0, 0.1) is 17.3 Å². The lowest BCUT2D eigenvalue weighted by Crippen LogP contribution is -2.51. The van der Waals surface area contributed by atoms with Gasteiger partial charge in [-0.2, -0.15) is 0 Å². The topological polar surface area (TPSA) is 55.8 Å². The first-order valence-corrected chi connectivity index (χ1v) is 7.44. The third kappa shape index (κ3) is 0.974. The van der Waals surface area contributed by atoms with Crippen LogP contribution in [0.5, 0.6) is 0 Å². The van der Waals surface area contributed by atoms with Crippen molar-refractivity contribution in [3.63, 3.8) is 0 Å². The Hall–Kier alpha value is -1.20. The van der Waals surface area contributed by atoms with Crippen molar-refractivity contribution in [2.45, 2.75) is 43.4 Å². The Kier molecular flexibility index (Phi) is 1.38.